The summed E-state index contributed by atoms with van der Waals surface area (Å²) in [5.74, 6) is 0. The lowest BCUT2D eigenvalue weighted by Crippen LogP contribution is -2.16. The van der Waals surface area contributed by atoms with Crippen molar-refractivity contribution in [2.75, 3.05) is 9.80 Å². The molecule has 2 aliphatic carbocycles. The number of aromatic nitrogens is 2. The van der Waals surface area contributed by atoms with Gasteiger partial charge in [0.1, 0.15) is 0 Å². The van der Waals surface area contributed by atoms with Crippen molar-refractivity contribution in [1.29, 1.82) is 0 Å². The van der Waals surface area contributed by atoms with Gasteiger partial charge in [-0.05, 0) is 254 Å². The first-order valence-electron chi connectivity index (χ1n) is 42.6. The van der Waals surface area contributed by atoms with Crippen LogP contribution >= 0.6 is 0 Å². The van der Waals surface area contributed by atoms with E-state index < -0.39 is 0 Å². The summed E-state index contributed by atoms with van der Waals surface area (Å²) in [6, 6.07) is 159. The van der Waals surface area contributed by atoms with Crippen LogP contribution in [0.5, 0.6) is 0 Å². The predicted molar refractivity (Wildman–Crippen MR) is 517 cm³/mol. The molecule has 2 heterocycles. The Morgan fingerprint density at radius 3 is 1.23 bits per heavy atom. The minimum Gasteiger partial charge on any atom is -0.310 e. The van der Waals surface area contributed by atoms with Gasteiger partial charge >= 0.3 is 0 Å². The maximum Gasteiger partial charge on any atom is 0.0547 e. The molecule has 2 aromatic heterocycles. The van der Waals surface area contributed by atoms with Gasteiger partial charge in [-0.15, -0.1) is 0 Å². The normalized spacial score (nSPS) is 13.0. The van der Waals surface area contributed by atoms with Crippen LogP contribution in [-0.2, 0) is 10.8 Å². The van der Waals surface area contributed by atoms with E-state index in [9.17, 15) is 0 Å². The molecule has 122 heavy (non-hydrogen) atoms. The third-order valence-electron chi connectivity index (χ3n) is 26.8. The molecule has 0 unspecified atom stereocenters. The van der Waals surface area contributed by atoms with Crippen LogP contribution in [0.1, 0.15) is 49.9 Å². The summed E-state index contributed by atoms with van der Waals surface area (Å²) >= 11 is 0. The molecule has 0 spiro atoms. The number of benzene rings is 20. The van der Waals surface area contributed by atoms with E-state index in [-0.39, 0.29) is 10.8 Å². The maximum atomic E-state index is 2.52. The van der Waals surface area contributed by atoms with Crippen molar-refractivity contribution >= 4 is 121 Å². The summed E-state index contributed by atoms with van der Waals surface area (Å²) in [6.45, 7) is 9.57. The molecule has 0 radical (unpaired) electrons. The van der Waals surface area contributed by atoms with Gasteiger partial charge in [0, 0.05) is 77.0 Å². The van der Waals surface area contributed by atoms with Gasteiger partial charge in [-0.3, -0.25) is 0 Å². The van der Waals surface area contributed by atoms with E-state index in [0.717, 1.165) is 62.0 Å². The lowest BCUT2D eigenvalue weighted by molar-refractivity contribution is 0.660. The second-order valence-corrected chi connectivity index (χ2v) is 34.3. The molecule has 0 aliphatic heterocycles. The number of rotatable bonds is 13. The molecule has 2 aliphatic rings. The zero-order valence-corrected chi connectivity index (χ0v) is 68.2. The van der Waals surface area contributed by atoms with Crippen molar-refractivity contribution in [2.45, 2.75) is 38.5 Å². The predicted octanol–water partition coefficient (Wildman–Crippen LogP) is 32.4. The first-order chi connectivity index (χ1) is 60.0. The highest BCUT2D eigenvalue weighted by Crippen LogP contribution is 2.56. The van der Waals surface area contributed by atoms with Gasteiger partial charge in [-0.2, -0.15) is 0 Å². The van der Waals surface area contributed by atoms with Crippen molar-refractivity contribution in [3.05, 3.63) is 447 Å². The third-order valence-corrected chi connectivity index (χ3v) is 26.8. The van der Waals surface area contributed by atoms with Crippen molar-refractivity contribution < 1.29 is 0 Å². The summed E-state index contributed by atoms with van der Waals surface area (Å²) < 4.78 is 4.96. The minimum absolute atomic E-state index is 0.135. The van der Waals surface area contributed by atoms with E-state index in [4.69, 9.17) is 0 Å². The second-order valence-electron chi connectivity index (χ2n) is 34.3. The summed E-state index contributed by atoms with van der Waals surface area (Å²) in [7, 11) is 0. The van der Waals surface area contributed by atoms with Crippen LogP contribution in [-0.4, -0.2) is 9.13 Å². The Kier molecular flexibility index (Phi) is 16.0. The van der Waals surface area contributed by atoms with Gasteiger partial charge in [0.05, 0.1) is 39.1 Å². The van der Waals surface area contributed by atoms with Crippen molar-refractivity contribution in [3.63, 3.8) is 0 Å². The van der Waals surface area contributed by atoms with Gasteiger partial charge in [0.25, 0.3) is 0 Å². The van der Waals surface area contributed by atoms with E-state index in [0.29, 0.717) is 0 Å². The molecule has 20 aromatic carbocycles. The van der Waals surface area contributed by atoms with Crippen LogP contribution in [0.3, 0.4) is 0 Å². The topological polar surface area (TPSA) is 16.3 Å². The first-order valence-corrected chi connectivity index (χ1v) is 42.6. The van der Waals surface area contributed by atoms with Crippen LogP contribution in [0.15, 0.2) is 425 Å². The summed E-state index contributed by atoms with van der Waals surface area (Å²) in [5, 5.41) is 14.6. The van der Waals surface area contributed by atoms with Gasteiger partial charge < -0.3 is 18.9 Å². The quantitative estimate of drug-likeness (QED) is 0.114. The molecule has 0 saturated heterocycles. The van der Waals surface area contributed by atoms with Crippen LogP contribution in [0, 0.1) is 0 Å². The highest BCUT2D eigenvalue weighted by Gasteiger charge is 2.39. The Morgan fingerprint density at radius 2 is 0.582 bits per heavy atom. The lowest BCUT2D eigenvalue weighted by Gasteiger charge is -2.29. The molecule has 4 nitrogen and oxygen atoms in total. The van der Waals surface area contributed by atoms with Gasteiger partial charge in [-0.1, -0.05) is 325 Å². The van der Waals surface area contributed by atoms with E-state index >= 15 is 0 Å². The molecule has 0 saturated carbocycles. The smallest absolute Gasteiger partial charge is 0.0547 e. The average molecular weight is 1560 g/mol. The minimum atomic E-state index is -0.331. The first kappa shape index (κ1) is 70.8. The Bertz CT molecular complexity index is 8070. The molecule has 22 aromatic rings. The van der Waals surface area contributed by atoms with Crippen LogP contribution in [0.2, 0.25) is 0 Å². The van der Waals surface area contributed by atoms with E-state index in [1.807, 2.05) is 0 Å². The molecule has 4 heteroatoms. The van der Waals surface area contributed by atoms with E-state index in [1.54, 1.807) is 0 Å². The summed E-state index contributed by atoms with van der Waals surface area (Å²) in [4.78, 5) is 4.90. The Morgan fingerprint density at radius 1 is 0.189 bits per heavy atom. The van der Waals surface area contributed by atoms with Gasteiger partial charge in [0.2, 0.25) is 0 Å². The highest BCUT2D eigenvalue weighted by molar-refractivity contribution is 6.15. The number of para-hydroxylation sites is 1. The van der Waals surface area contributed by atoms with Gasteiger partial charge in [0.15, 0.2) is 0 Å². The Balaban J connectivity index is 0.572. The van der Waals surface area contributed by atoms with E-state index in [2.05, 4.69) is 471 Å². The summed E-state index contributed by atoms with van der Waals surface area (Å²) in [5.41, 5.74) is 35.6. The molecule has 24 rings (SSSR count). The zero-order chi connectivity index (χ0) is 81.1. The van der Waals surface area contributed by atoms with Gasteiger partial charge in [-0.25, -0.2) is 0 Å². The van der Waals surface area contributed by atoms with Crippen molar-refractivity contribution in [3.8, 4) is 89.3 Å². The number of hydrogen-bond acceptors (Lipinski definition) is 2. The van der Waals surface area contributed by atoms with E-state index in [1.165, 1.54) is 170 Å². The molecule has 0 fully saturated rings. The fourth-order valence-corrected chi connectivity index (χ4v) is 20.8. The second kappa shape index (κ2) is 27.6. The number of hydrogen-bond donors (Lipinski definition) is 0. The number of anilines is 6. The monoisotopic (exact) mass is 1550 g/mol. The SMILES string of the molecule is CC1(C)c2ccccc2-c2ccc(N(c3ccc(-c4cccc(-c5ccc6c(c5)c5ccc(-c7cccc8c7-c7ccc(N(c9ccc(-c%10cccc(-c%11ccc%12c(c%11)c%11ccccc%11n%12-c%11cccc%12ccccc%11%12)c%10)cc9)c9cccc%10ccccc9%10)cc7C8(C)C)cc5n6-c5cccc6ccccc56)c4)cc3)c3ccc4ccccc4c3)cc21. The zero-order valence-electron chi connectivity index (χ0n) is 68.2. The molecule has 0 amide bonds. The van der Waals surface area contributed by atoms with Crippen molar-refractivity contribution in [2.24, 2.45) is 0 Å². The standard InChI is InChI=1S/C118H82N4/c1-117(2)105-41-15-13-38-98(105)99-63-60-92(73-107(99)117)119(91-59-51-75-23-5-6-27-85(75)69-91)89-55-47-76(48-56-89)81-31-17-34-84(67-81)87-54-66-114-104(71-87)101-62-52-88(72-115(101)122(114)111-46-21-30-80-26-9-12-37-96(80)111)97-40-22-42-106-116(97)102-64-61-93(74-108(102)118(106,3)4)120(109-44-19-28-78-24-7-10-35-94(78)109)90-57-49-77(50-58-90)82-32-18-33-83(68-82)86-53-65-113-103(70-86)100-39-14-16-43-112(100)121(113)110-45-20-29-79-25-8-11-36-95(79)110/h5-74H,1-4H3. The van der Waals surface area contributed by atoms with Crippen LogP contribution < -0.4 is 9.80 Å². The van der Waals surface area contributed by atoms with Crippen molar-refractivity contribution in [1.82, 2.24) is 9.13 Å². The summed E-state index contributed by atoms with van der Waals surface area (Å²) in [6.07, 6.45) is 0. The average Bonchev–Trinajstić information content (AvgIpc) is 1.56. The molecule has 0 bridgehead atoms. The lowest BCUT2D eigenvalue weighted by atomic mass is 9.81. The fraction of sp³-hybridized carbons (Fsp3) is 0.0508. The Hall–Kier alpha value is -15.4. The Labute approximate surface area is 709 Å². The largest absolute Gasteiger partial charge is 0.310 e. The maximum absolute atomic E-state index is 2.52. The molecular formula is C118H82N4. The highest BCUT2D eigenvalue weighted by atomic mass is 15.1. The molecule has 574 valence electrons. The molecule has 0 N–H and O–H groups in total. The molecular weight excluding hydrogens is 1470 g/mol. The fourth-order valence-electron chi connectivity index (χ4n) is 20.8. The number of nitrogens with zero attached hydrogens (tertiary/aromatic N) is 4. The molecule has 0 atom stereocenters. The van der Waals surface area contributed by atoms with Crippen LogP contribution in [0.4, 0.5) is 34.1 Å². The number of fused-ring (bicyclic) bond motifs is 16. The van der Waals surface area contributed by atoms with Crippen LogP contribution in [0.25, 0.3) is 176 Å². The third kappa shape index (κ3) is 11.2.